The summed E-state index contributed by atoms with van der Waals surface area (Å²) in [6, 6.07) is 4.40. The minimum atomic E-state index is 0.319. The molecule has 120 valence electrons. The van der Waals surface area contributed by atoms with E-state index in [2.05, 4.69) is 41.2 Å². The fraction of sp³-hybridized carbons (Fsp3) is 0.647. The summed E-state index contributed by atoms with van der Waals surface area (Å²) in [5.74, 6) is 2.16. The van der Waals surface area contributed by atoms with Crippen LogP contribution in [0.3, 0.4) is 0 Å². The lowest BCUT2D eigenvalue weighted by Crippen LogP contribution is -2.25. The minimum absolute atomic E-state index is 0.319. The third kappa shape index (κ3) is 4.62. The van der Waals surface area contributed by atoms with E-state index in [9.17, 15) is 0 Å². The highest BCUT2D eigenvalue weighted by Gasteiger charge is 2.24. The summed E-state index contributed by atoms with van der Waals surface area (Å²) in [4.78, 5) is 0. The van der Waals surface area contributed by atoms with Gasteiger partial charge in [-0.25, -0.2) is 0 Å². The lowest BCUT2D eigenvalue weighted by atomic mass is 9.86. The van der Waals surface area contributed by atoms with Crippen LogP contribution in [-0.4, -0.2) is 21.3 Å². The van der Waals surface area contributed by atoms with E-state index < -0.39 is 0 Å². The van der Waals surface area contributed by atoms with E-state index in [1.807, 2.05) is 13.1 Å². The van der Waals surface area contributed by atoms with E-state index in [0.717, 1.165) is 16.0 Å². The average Bonchev–Trinajstić information content (AvgIpc) is 2.49. The maximum Gasteiger partial charge on any atom is 0.161 e. The molecule has 1 rings (SSSR count). The smallest absolute Gasteiger partial charge is 0.161 e. The average molecular weight is 358 g/mol. The van der Waals surface area contributed by atoms with Gasteiger partial charge in [-0.05, 0) is 43.5 Å². The Morgan fingerprint density at radius 3 is 2.00 bits per heavy atom. The van der Waals surface area contributed by atoms with Crippen molar-refractivity contribution in [3.63, 3.8) is 0 Å². The Morgan fingerprint density at radius 1 is 1.05 bits per heavy atom. The van der Waals surface area contributed by atoms with Crippen molar-refractivity contribution in [2.45, 2.75) is 45.6 Å². The Kier molecular flexibility index (Phi) is 8.12. The van der Waals surface area contributed by atoms with Crippen molar-refractivity contribution in [1.29, 1.82) is 0 Å². The molecule has 0 spiro atoms. The molecule has 21 heavy (non-hydrogen) atoms. The van der Waals surface area contributed by atoms with Crippen molar-refractivity contribution in [2.24, 2.45) is 5.92 Å². The van der Waals surface area contributed by atoms with E-state index in [4.69, 9.17) is 9.47 Å². The number of benzene rings is 1. The SMILES string of the molecule is CCCC(CCC)C(NC)c1cc(OC)c(OC)cc1Br. The molecule has 1 unspecified atom stereocenters. The number of hydrogen-bond acceptors (Lipinski definition) is 3. The van der Waals surface area contributed by atoms with Gasteiger partial charge in [0, 0.05) is 10.5 Å². The predicted molar refractivity (Wildman–Crippen MR) is 92.4 cm³/mol. The van der Waals surface area contributed by atoms with Gasteiger partial charge in [-0.15, -0.1) is 0 Å². The Hall–Kier alpha value is -0.740. The van der Waals surface area contributed by atoms with Gasteiger partial charge >= 0.3 is 0 Å². The van der Waals surface area contributed by atoms with Crippen LogP contribution in [0.5, 0.6) is 11.5 Å². The number of methoxy groups -OCH3 is 2. The molecule has 1 N–H and O–H groups in total. The zero-order valence-corrected chi connectivity index (χ0v) is 15.4. The van der Waals surface area contributed by atoms with Crippen molar-refractivity contribution in [3.8, 4) is 11.5 Å². The second-order valence-corrected chi connectivity index (χ2v) is 6.19. The number of halogens is 1. The maximum absolute atomic E-state index is 5.45. The topological polar surface area (TPSA) is 30.5 Å². The van der Waals surface area contributed by atoms with Gasteiger partial charge in [0.2, 0.25) is 0 Å². The molecule has 3 nitrogen and oxygen atoms in total. The Balaban J connectivity index is 3.19. The molecule has 0 aliphatic carbocycles. The van der Waals surface area contributed by atoms with E-state index in [-0.39, 0.29) is 0 Å². The number of rotatable bonds is 9. The zero-order valence-electron chi connectivity index (χ0n) is 13.8. The van der Waals surface area contributed by atoms with Gasteiger partial charge < -0.3 is 14.8 Å². The predicted octanol–water partition coefficient (Wildman–Crippen LogP) is 4.94. The van der Waals surface area contributed by atoms with E-state index >= 15 is 0 Å². The molecule has 4 heteroatoms. The van der Waals surface area contributed by atoms with Crippen LogP contribution in [0, 0.1) is 5.92 Å². The first-order valence-electron chi connectivity index (χ1n) is 7.71. The summed E-state index contributed by atoms with van der Waals surface area (Å²) in [7, 11) is 5.38. The van der Waals surface area contributed by atoms with Gasteiger partial charge in [0.1, 0.15) is 0 Å². The maximum atomic E-state index is 5.45. The number of ether oxygens (including phenoxy) is 2. The molecular formula is C17H28BrNO2. The summed E-state index contributed by atoms with van der Waals surface area (Å²) in [6.45, 7) is 4.50. The van der Waals surface area contributed by atoms with Crippen molar-refractivity contribution >= 4 is 15.9 Å². The van der Waals surface area contributed by atoms with Gasteiger partial charge in [-0.1, -0.05) is 42.6 Å². The summed E-state index contributed by atoms with van der Waals surface area (Å²) in [5.41, 5.74) is 1.24. The normalized spacial score (nSPS) is 12.5. The minimum Gasteiger partial charge on any atom is -0.493 e. The Labute approximate surface area is 137 Å². The number of hydrogen-bond donors (Lipinski definition) is 1. The first-order chi connectivity index (χ1) is 10.1. The van der Waals surface area contributed by atoms with Crippen LogP contribution < -0.4 is 14.8 Å². The van der Waals surface area contributed by atoms with Gasteiger partial charge in [-0.3, -0.25) is 0 Å². The lowest BCUT2D eigenvalue weighted by Gasteiger charge is -2.28. The second-order valence-electron chi connectivity index (χ2n) is 5.33. The van der Waals surface area contributed by atoms with Crippen LogP contribution in [0.4, 0.5) is 0 Å². The highest BCUT2D eigenvalue weighted by Crippen LogP contribution is 2.39. The summed E-state index contributed by atoms with van der Waals surface area (Å²) >= 11 is 3.69. The fourth-order valence-electron chi connectivity index (χ4n) is 2.97. The molecule has 0 saturated carbocycles. The van der Waals surface area contributed by atoms with E-state index in [1.165, 1.54) is 31.2 Å². The monoisotopic (exact) mass is 357 g/mol. The van der Waals surface area contributed by atoms with E-state index in [0.29, 0.717) is 12.0 Å². The van der Waals surface area contributed by atoms with Crippen LogP contribution in [0.25, 0.3) is 0 Å². The molecule has 0 fully saturated rings. The van der Waals surface area contributed by atoms with Crippen molar-refractivity contribution in [2.75, 3.05) is 21.3 Å². The van der Waals surface area contributed by atoms with Crippen molar-refractivity contribution in [3.05, 3.63) is 22.2 Å². The molecular weight excluding hydrogens is 330 g/mol. The molecule has 0 aromatic heterocycles. The van der Waals surface area contributed by atoms with Crippen molar-refractivity contribution in [1.82, 2.24) is 5.32 Å². The standard InChI is InChI=1S/C17H28BrNO2/c1-6-8-12(9-7-2)17(19-3)13-10-15(20-4)16(21-5)11-14(13)18/h10-12,17,19H,6-9H2,1-5H3. The highest BCUT2D eigenvalue weighted by molar-refractivity contribution is 9.10. The third-order valence-corrected chi connectivity index (χ3v) is 4.63. The Morgan fingerprint density at radius 2 is 1.57 bits per heavy atom. The number of nitrogens with one attached hydrogen (secondary N) is 1. The van der Waals surface area contributed by atoms with Gasteiger partial charge in [0.05, 0.1) is 14.2 Å². The summed E-state index contributed by atoms with van der Waals surface area (Å²) < 4.78 is 11.9. The van der Waals surface area contributed by atoms with Gasteiger partial charge in [0.25, 0.3) is 0 Å². The fourth-order valence-corrected chi connectivity index (χ4v) is 3.54. The van der Waals surface area contributed by atoms with Crippen molar-refractivity contribution < 1.29 is 9.47 Å². The summed E-state index contributed by atoms with van der Waals surface area (Å²) in [5, 5.41) is 3.49. The third-order valence-electron chi connectivity index (χ3n) is 3.94. The van der Waals surface area contributed by atoms with E-state index in [1.54, 1.807) is 14.2 Å². The molecule has 0 heterocycles. The van der Waals surface area contributed by atoms with Gasteiger partial charge in [0.15, 0.2) is 11.5 Å². The zero-order chi connectivity index (χ0) is 15.8. The van der Waals surface area contributed by atoms with Crippen LogP contribution in [-0.2, 0) is 0 Å². The second kappa shape index (κ2) is 9.31. The largest absolute Gasteiger partial charge is 0.493 e. The van der Waals surface area contributed by atoms with Crippen LogP contribution in [0.15, 0.2) is 16.6 Å². The molecule has 1 aromatic carbocycles. The molecule has 0 radical (unpaired) electrons. The molecule has 0 amide bonds. The quantitative estimate of drug-likeness (QED) is 0.678. The molecule has 0 aliphatic heterocycles. The molecule has 0 saturated heterocycles. The Bertz CT molecular complexity index is 431. The molecule has 1 aromatic rings. The highest BCUT2D eigenvalue weighted by atomic mass is 79.9. The molecule has 0 bridgehead atoms. The first-order valence-corrected chi connectivity index (χ1v) is 8.50. The van der Waals surface area contributed by atoms with Crippen LogP contribution in [0.2, 0.25) is 0 Å². The summed E-state index contributed by atoms with van der Waals surface area (Å²) in [6.07, 6.45) is 4.85. The van der Waals surface area contributed by atoms with Crippen LogP contribution in [0.1, 0.15) is 51.1 Å². The van der Waals surface area contributed by atoms with Gasteiger partial charge in [-0.2, -0.15) is 0 Å². The van der Waals surface area contributed by atoms with Crippen LogP contribution >= 0.6 is 15.9 Å². The molecule has 1 atom stereocenters. The molecule has 0 aliphatic rings. The lowest BCUT2D eigenvalue weighted by molar-refractivity contribution is 0.325. The first kappa shape index (κ1) is 18.3.